The molecule has 1 aromatic heterocycles. The molecular weight excluding hydrogens is 384 g/mol. The van der Waals surface area contributed by atoms with Crippen LogP contribution in [-0.2, 0) is 24.3 Å². The minimum absolute atomic E-state index is 0.180. The molecule has 0 saturated heterocycles. The first kappa shape index (κ1) is 20.9. The van der Waals surface area contributed by atoms with Crippen LogP contribution in [0.2, 0.25) is 0 Å². The van der Waals surface area contributed by atoms with Gasteiger partial charge in [0.2, 0.25) is 5.91 Å². The van der Waals surface area contributed by atoms with Gasteiger partial charge >= 0.3 is 0 Å². The van der Waals surface area contributed by atoms with Crippen molar-refractivity contribution in [1.29, 1.82) is 5.26 Å². The van der Waals surface area contributed by atoms with Gasteiger partial charge in [0.1, 0.15) is 0 Å². The average Bonchev–Trinajstić information content (AvgIpc) is 3.08. The van der Waals surface area contributed by atoms with E-state index in [0.29, 0.717) is 38.9 Å². The number of aryl methyl sites for hydroxylation is 2. The van der Waals surface area contributed by atoms with Crippen molar-refractivity contribution in [2.75, 3.05) is 6.54 Å². The molecule has 0 aliphatic carbocycles. The Morgan fingerprint density at radius 2 is 1.87 bits per heavy atom. The van der Waals surface area contributed by atoms with Crippen LogP contribution in [0.25, 0.3) is 0 Å². The minimum Gasteiger partial charge on any atom is -0.337 e. The maximum Gasteiger partial charge on any atom is 0.223 e. The number of rotatable bonds is 6. The molecule has 31 heavy (non-hydrogen) atoms. The molecule has 158 valence electrons. The van der Waals surface area contributed by atoms with Crippen LogP contribution in [0.5, 0.6) is 0 Å². The predicted octanol–water partition coefficient (Wildman–Crippen LogP) is 4.52. The molecule has 0 bridgehead atoms. The summed E-state index contributed by atoms with van der Waals surface area (Å²) in [5.74, 6) is 0.381. The van der Waals surface area contributed by atoms with Crippen molar-refractivity contribution < 1.29 is 4.79 Å². The number of benzene rings is 2. The molecule has 1 unspecified atom stereocenters. The first-order chi connectivity index (χ1) is 15.1. The molecule has 0 saturated carbocycles. The summed E-state index contributed by atoms with van der Waals surface area (Å²) in [5, 5.41) is 13.4. The molecule has 0 spiro atoms. The van der Waals surface area contributed by atoms with Crippen LogP contribution >= 0.6 is 0 Å². The number of carbonyl (C=O) groups is 1. The Hall–Kier alpha value is -3.39. The summed E-state index contributed by atoms with van der Waals surface area (Å²) in [4.78, 5) is 15.2. The van der Waals surface area contributed by atoms with Crippen LogP contribution in [0.15, 0.2) is 54.6 Å². The van der Waals surface area contributed by atoms with E-state index in [4.69, 9.17) is 5.26 Å². The summed E-state index contributed by atoms with van der Waals surface area (Å²) in [6.45, 7) is 5.98. The summed E-state index contributed by atoms with van der Waals surface area (Å²) < 4.78 is 1.89. The normalized spacial score (nSPS) is 15.4. The van der Waals surface area contributed by atoms with Crippen molar-refractivity contribution in [3.05, 3.63) is 88.2 Å². The van der Waals surface area contributed by atoms with Gasteiger partial charge in [-0.1, -0.05) is 54.6 Å². The van der Waals surface area contributed by atoms with E-state index in [1.54, 1.807) is 0 Å². The van der Waals surface area contributed by atoms with E-state index in [2.05, 4.69) is 59.7 Å². The lowest BCUT2D eigenvalue weighted by molar-refractivity contribution is -0.132. The standard InChI is InChI=1S/C26H28N4O/c1-19-23(20(2)30(28-19)16-8-15-27)13-14-26(31)29-17-22-11-6-7-12-24(22)25(18-29)21-9-4-3-5-10-21/h3-7,9-12,25H,8,13-14,16-18H2,1-2H3. The molecule has 0 N–H and O–H groups in total. The molecule has 5 nitrogen and oxygen atoms in total. The highest BCUT2D eigenvalue weighted by Gasteiger charge is 2.29. The number of aromatic nitrogens is 2. The second kappa shape index (κ2) is 9.18. The lowest BCUT2D eigenvalue weighted by Crippen LogP contribution is -2.38. The fourth-order valence-electron chi connectivity index (χ4n) is 4.63. The largest absolute Gasteiger partial charge is 0.337 e. The average molecular weight is 413 g/mol. The van der Waals surface area contributed by atoms with Gasteiger partial charge in [0, 0.05) is 31.1 Å². The number of hydrogen-bond acceptors (Lipinski definition) is 3. The van der Waals surface area contributed by atoms with Crippen molar-refractivity contribution in [2.24, 2.45) is 0 Å². The molecule has 1 amide bonds. The zero-order valence-electron chi connectivity index (χ0n) is 18.2. The first-order valence-electron chi connectivity index (χ1n) is 10.9. The molecule has 0 fully saturated rings. The third-order valence-corrected chi connectivity index (χ3v) is 6.30. The molecule has 4 rings (SSSR count). The van der Waals surface area contributed by atoms with Crippen LogP contribution in [0.1, 0.15) is 52.4 Å². The van der Waals surface area contributed by atoms with Crippen LogP contribution in [0.4, 0.5) is 0 Å². The first-order valence-corrected chi connectivity index (χ1v) is 10.9. The summed E-state index contributed by atoms with van der Waals surface area (Å²) in [6.07, 6.45) is 1.58. The lowest BCUT2D eigenvalue weighted by atomic mass is 9.84. The maximum absolute atomic E-state index is 13.2. The second-order valence-corrected chi connectivity index (χ2v) is 8.22. The fraction of sp³-hybridized carbons (Fsp3) is 0.346. The Bertz CT molecular complexity index is 1110. The van der Waals surface area contributed by atoms with Crippen molar-refractivity contribution in [3.63, 3.8) is 0 Å². The van der Waals surface area contributed by atoms with E-state index >= 15 is 0 Å². The van der Waals surface area contributed by atoms with E-state index in [1.165, 1.54) is 16.7 Å². The van der Waals surface area contributed by atoms with Gasteiger partial charge in [0.25, 0.3) is 0 Å². The number of fused-ring (bicyclic) bond motifs is 1. The zero-order valence-corrected chi connectivity index (χ0v) is 18.2. The monoisotopic (exact) mass is 412 g/mol. The molecule has 5 heteroatoms. The summed E-state index contributed by atoms with van der Waals surface area (Å²) >= 11 is 0. The Balaban J connectivity index is 1.50. The number of amides is 1. The number of nitriles is 1. The zero-order chi connectivity index (χ0) is 21.8. The van der Waals surface area contributed by atoms with Gasteiger partial charge in [-0.2, -0.15) is 10.4 Å². The van der Waals surface area contributed by atoms with Gasteiger partial charge in [-0.25, -0.2) is 0 Å². The molecule has 2 heterocycles. The van der Waals surface area contributed by atoms with Crippen LogP contribution in [0, 0.1) is 25.2 Å². The molecule has 3 aromatic rings. The van der Waals surface area contributed by atoms with Crippen molar-refractivity contribution in [1.82, 2.24) is 14.7 Å². The second-order valence-electron chi connectivity index (χ2n) is 8.22. The van der Waals surface area contributed by atoms with E-state index in [0.717, 1.165) is 17.0 Å². The Morgan fingerprint density at radius 1 is 1.13 bits per heavy atom. The smallest absolute Gasteiger partial charge is 0.223 e. The topological polar surface area (TPSA) is 61.9 Å². The van der Waals surface area contributed by atoms with E-state index < -0.39 is 0 Å². The lowest BCUT2D eigenvalue weighted by Gasteiger charge is -2.35. The SMILES string of the molecule is Cc1nn(CCC#N)c(C)c1CCC(=O)N1Cc2ccccc2C(c2ccccc2)C1. The van der Waals surface area contributed by atoms with Crippen LogP contribution < -0.4 is 0 Å². The third-order valence-electron chi connectivity index (χ3n) is 6.30. The minimum atomic E-state index is 0.180. The molecule has 2 aromatic carbocycles. The van der Waals surface area contributed by atoms with E-state index in [1.807, 2.05) is 29.5 Å². The Labute approximate surface area is 183 Å². The van der Waals surface area contributed by atoms with Gasteiger partial charge in [0.15, 0.2) is 0 Å². The van der Waals surface area contributed by atoms with Crippen LogP contribution in [-0.4, -0.2) is 27.1 Å². The summed E-state index contributed by atoms with van der Waals surface area (Å²) in [7, 11) is 0. The summed E-state index contributed by atoms with van der Waals surface area (Å²) in [6, 6.07) is 21.1. The molecule has 1 aliphatic heterocycles. The highest BCUT2D eigenvalue weighted by Crippen LogP contribution is 2.33. The van der Waals surface area contributed by atoms with Gasteiger partial charge in [-0.15, -0.1) is 0 Å². The fourth-order valence-corrected chi connectivity index (χ4v) is 4.63. The number of nitrogens with zero attached hydrogens (tertiary/aromatic N) is 4. The number of carbonyl (C=O) groups excluding carboxylic acids is 1. The molecule has 1 aliphatic rings. The number of hydrogen-bond donors (Lipinski definition) is 0. The third kappa shape index (κ3) is 4.39. The van der Waals surface area contributed by atoms with Crippen molar-refractivity contribution >= 4 is 5.91 Å². The van der Waals surface area contributed by atoms with Gasteiger partial charge in [0.05, 0.1) is 24.7 Å². The molecule has 1 atom stereocenters. The van der Waals surface area contributed by atoms with Crippen molar-refractivity contribution in [2.45, 2.75) is 52.1 Å². The van der Waals surface area contributed by atoms with Gasteiger partial charge in [-0.05, 0) is 42.5 Å². The van der Waals surface area contributed by atoms with Gasteiger partial charge in [-0.3, -0.25) is 9.48 Å². The summed E-state index contributed by atoms with van der Waals surface area (Å²) in [5.41, 5.74) is 6.94. The van der Waals surface area contributed by atoms with Crippen LogP contribution in [0.3, 0.4) is 0 Å². The molecular formula is C26H28N4O. The highest BCUT2D eigenvalue weighted by molar-refractivity contribution is 5.77. The van der Waals surface area contributed by atoms with Crippen molar-refractivity contribution in [3.8, 4) is 6.07 Å². The molecule has 0 radical (unpaired) electrons. The quantitative estimate of drug-likeness (QED) is 0.598. The van der Waals surface area contributed by atoms with E-state index in [-0.39, 0.29) is 11.8 Å². The Morgan fingerprint density at radius 3 is 2.65 bits per heavy atom. The highest BCUT2D eigenvalue weighted by atomic mass is 16.2. The van der Waals surface area contributed by atoms with Gasteiger partial charge < -0.3 is 4.90 Å². The predicted molar refractivity (Wildman–Crippen MR) is 120 cm³/mol. The maximum atomic E-state index is 13.2. The van der Waals surface area contributed by atoms with E-state index in [9.17, 15) is 4.79 Å². The Kier molecular flexibility index (Phi) is 6.18.